The molecule has 2 aromatic rings. The van der Waals surface area contributed by atoms with Crippen molar-refractivity contribution in [2.24, 2.45) is 16.3 Å². The van der Waals surface area contributed by atoms with Crippen molar-refractivity contribution in [3.8, 4) is 17.6 Å². The van der Waals surface area contributed by atoms with Crippen molar-refractivity contribution in [1.29, 1.82) is 5.26 Å². The van der Waals surface area contributed by atoms with Gasteiger partial charge in [-0.3, -0.25) is 0 Å². The summed E-state index contributed by atoms with van der Waals surface area (Å²) in [5.74, 6) is 2.01. The Balaban J connectivity index is 1.95. The van der Waals surface area contributed by atoms with Crippen LogP contribution >= 0.6 is 11.3 Å². The van der Waals surface area contributed by atoms with Crippen LogP contribution in [-0.4, -0.2) is 19.9 Å². The minimum atomic E-state index is 0.283. The number of benzene rings is 1. The van der Waals surface area contributed by atoms with Gasteiger partial charge in [0, 0.05) is 16.7 Å². The van der Waals surface area contributed by atoms with Gasteiger partial charge in [-0.15, -0.1) is 11.3 Å². The molecule has 1 aromatic carbocycles. The van der Waals surface area contributed by atoms with E-state index in [-0.39, 0.29) is 5.41 Å². The van der Waals surface area contributed by atoms with E-state index in [1.54, 1.807) is 24.7 Å². The monoisotopic (exact) mass is 396 g/mol. The fraction of sp³-hybridized carbons (Fsp3) is 0.478. The van der Waals surface area contributed by atoms with Crippen LogP contribution < -0.4 is 9.47 Å². The molecule has 0 radical (unpaired) electrons. The standard InChI is InChI=1S/C23H28N2O2S/c1-6-27-21-15(8-7-9-19(21)26-5)14-25-22-18(13-24)17-11-10-16(23(2,3)4)12-20(17)28-22/h7-9,14,16H,6,10-12H2,1-5H3/t16-/m1/s1. The number of hydrogen-bond acceptors (Lipinski definition) is 5. The Labute approximate surface area is 171 Å². The second-order valence-corrected chi connectivity index (χ2v) is 9.25. The van der Waals surface area contributed by atoms with Gasteiger partial charge in [0.2, 0.25) is 0 Å². The summed E-state index contributed by atoms with van der Waals surface area (Å²) in [4.78, 5) is 6.02. The zero-order chi connectivity index (χ0) is 20.3. The normalized spacial score (nSPS) is 16.6. The summed E-state index contributed by atoms with van der Waals surface area (Å²) in [7, 11) is 1.63. The highest BCUT2D eigenvalue weighted by atomic mass is 32.1. The van der Waals surface area contributed by atoms with Gasteiger partial charge in [-0.1, -0.05) is 26.8 Å². The van der Waals surface area contributed by atoms with Crippen LogP contribution in [0.3, 0.4) is 0 Å². The van der Waals surface area contributed by atoms with Gasteiger partial charge in [-0.2, -0.15) is 5.26 Å². The smallest absolute Gasteiger partial charge is 0.169 e. The van der Waals surface area contributed by atoms with Crippen LogP contribution in [-0.2, 0) is 12.8 Å². The maximum atomic E-state index is 9.75. The summed E-state index contributed by atoms with van der Waals surface area (Å²) in [5.41, 5.74) is 3.08. The van der Waals surface area contributed by atoms with Crippen molar-refractivity contribution < 1.29 is 9.47 Å². The Bertz CT molecular complexity index is 916. The summed E-state index contributed by atoms with van der Waals surface area (Å²) < 4.78 is 11.2. The van der Waals surface area contributed by atoms with Crippen molar-refractivity contribution in [3.05, 3.63) is 39.8 Å². The second-order valence-electron chi connectivity index (χ2n) is 8.17. The number of rotatable bonds is 5. The molecule has 5 heteroatoms. The number of thiophene rings is 1. The van der Waals surface area contributed by atoms with E-state index in [2.05, 4.69) is 26.8 Å². The van der Waals surface area contributed by atoms with E-state index in [1.165, 1.54) is 10.4 Å². The van der Waals surface area contributed by atoms with Crippen molar-refractivity contribution in [1.82, 2.24) is 0 Å². The number of hydrogen-bond donors (Lipinski definition) is 0. The van der Waals surface area contributed by atoms with E-state index in [4.69, 9.17) is 14.5 Å². The van der Waals surface area contributed by atoms with Crippen molar-refractivity contribution in [2.75, 3.05) is 13.7 Å². The van der Waals surface area contributed by atoms with Crippen molar-refractivity contribution in [3.63, 3.8) is 0 Å². The number of fused-ring (bicyclic) bond motifs is 1. The summed E-state index contributed by atoms with van der Waals surface area (Å²) in [6, 6.07) is 8.14. The molecule has 1 heterocycles. The molecule has 0 fully saturated rings. The minimum Gasteiger partial charge on any atom is -0.493 e. The topological polar surface area (TPSA) is 54.6 Å². The summed E-state index contributed by atoms with van der Waals surface area (Å²) in [6.07, 6.45) is 4.93. The van der Waals surface area contributed by atoms with Crippen LogP contribution in [0.5, 0.6) is 11.5 Å². The van der Waals surface area contributed by atoms with Gasteiger partial charge in [0.25, 0.3) is 0 Å². The molecule has 0 saturated heterocycles. The Kier molecular flexibility index (Phi) is 6.10. The molecular weight excluding hydrogens is 368 g/mol. The predicted octanol–water partition coefficient (Wildman–Crippen LogP) is 5.93. The van der Waals surface area contributed by atoms with Crippen LogP contribution in [0.4, 0.5) is 5.00 Å². The highest BCUT2D eigenvalue weighted by Crippen LogP contribution is 2.45. The number of aliphatic imine (C=N–C) groups is 1. The fourth-order valence-corrected chi connectivity index (χ4v) is 4.96. The Hall–Kier alpha value is -2.32. The number of para-hydroxylation sites is 1. The highest BCUT2D eigenvalue weighted by Gasteiger charge is 2.32. The molecule has 28 heavy (non-hydrogen) atoms. The minimum absolute atomic E-state index is 0.283. The lowest BCUT2D eigenvalue weighted by Crippen LogP contribution is -2.26. The molecule has 1 aliphatic carbocycles. The lowest BCUT2D eigenvalue weighted by Gasteiger charge is -2.33. The summed E-state index contributed by atoms with van der Waals surface area (Å²) in [5, 5.41) is 10.5. The number of nitrogens with zero attached hydrogens (tertiary/aromatic N) is 2. The first-order chi connectivity index (χ1) is 13.4. The molecule has 0 N–H and O–H groups in total. The average Bonchev–Trinajstić information content (AvgIpc) is 3.03. The molecule has 0 aliphatic heterocycles. The molecule has 0 bridgehead atoms. The van der Waals surface area contributed by atoms with Gasteiger partial charge in [0.05, 0.1) is 19.3 Å². The number of methoxy groups -OCH3 is 1. The van der Waals surface area contributed by atoms with E-state index in [1.807, 2.05) is 25.1 Å². The van der Waals surface area contributed by atoms with Gasteiger partial charge in [-0.25, -0.2) is 4.99 Å². The zero-order valence-electron chi connectivity index (χ0n) is 17.3. The van der Waals surface area contributed by atoms with Gasteiger partial charge in [-0.05, 0) is 55.2 Å². The summed E-state index contributed by atoms with van der Waals surface area (Å²) >= 11 is 1.66. The zero-order valence-corrected chi connectivity index (χ0v) is 18.2. The molecule has 148 valence electrons. The third-order valence-corrected chi connectivity index (χ3v) is 6.58. The molecular formula is C23H28N2O2S. The van der Waals surface area contributed by atoms with Crippen LogP contribution in [0.2, 0.25) is 0 Å². The van der Waals surface area contributed by atoms with E-state index < -0.39 is 0 Å². The third-order valence-electron chi connectivity index (χ3n) is 5.42. The molecule has 3 rings (SSSR count). The maximum absolute atomic E-state index is 9.75. The molecule has 0 amide bonds. The van der Waals surface area contributed by atoms with E-state index in [9.17, 15) is 5.26 Å². The number of ether oxygens (including phenoxy) is 2. The van der Waals surface area contributed by atoms with Gasteiger partial charge in [0.1, 0.15) is 11.1 Å². The van der Waals surface area contributed by atoms with Crippen LogP contribution in [0.25, 0.3) is 0 Å². The van der Waals surface area contributed by atoms with Crippen molar-refractivity contribution in [2.45, 2.75) is 47.0 Å². The lowest BCUT2D eigenvalue weighted by molar-refractivity contribution is 0.218. The quantitative estimate of drug-likeness (QED) is 0.589. The molecule has 0 spiro atoms. The van der Waals surface area contributed by atoms with Crippen LogP contribution in [0, 0.1) is 22.7 Å². The first-order valence-electron chi connectivity index (χ1n) is 9.77. The lowest BCUT2D eigenvalue weighted by atomic mass is 9.72. The van der Waals surface area contributed by atoms with Gasteiger partial charge < -0.3 is 9.47 Å². The first kappa shape index (κ1) is 20.4. The van der Waals surface area contributed by atoms with Crippen molar-refractivity contribution >= 4 is 22.6 Å². The Morgan fingerprint density at radius 2 is 2.14 bits per heavy atom. The third kappa shape index (κ3) is 4.07. The second kappa shape index (κ2) is 8.36. The van der Waals surface area contributed by atoms with Gasteiger partial charge in [0.15, 0.2) is 11.5 Å². The summed E-state index contributed by atoms with van der Waals surface area (Å²) in [6.45, 7) is 9.40. The van der Waals surface area contributed by atoms with Gasteiger partial charge >= 0.3 is 0 Å². The van der Waals surface area contributed by atoms with Crippen LogP contribution in [0.1, 0.15) is 55.7 Å². The molecule has 4 nitrogen and oxygen atoms in total. The SMILES string of the molecule is CCOc1c(C=Nc2sc3c(c2C#N)CC[C@@H](C(C)(C)C)C3)cccc1OC. The Morgan fingerprint density at radius 1 is 1.36 bits per heavy atom. The average molecular weight is 397 g/mol. The van der Waals surface area contributed by atoms with E-state index in [0.717, 1.165) is 35.4 Å². The highest BCUT2D eigenvalue weighted by molar-refractivity contribution is 7.16. The maximum Gasteiger partial charge on any atom is 0.169 e. The van der Waals surface area contributed by atoms with Crippen LogP contribution in [0.15, 0.2) is 23.2 Å². The van der Waals surface area contributed by atoms with E-state index in [0.29, 0.717) is 24.0 Å². The number of nitriles is 1. The molecule has 1 atom stereocenters. The van der Waals surface area contributed by atoms with E-state index >= 15 is 0 Å². The molecule has 1 aliphatic rings. The molecule has 0 unspecified atom stereocenters. The fourth-order valence-electron chi connectivity index (χ4n) is 3.74. The predicted molar refractivity (Wildman–Crippen MR) is 115 cm³/mol. The largest absolute Gasteiger partial charge is 0.493 e. The molecule has 1 aromatic heterocycles. The molecule has 0 saturated carbocycles. The first-order valence-corrected chi connectivity index (χ1v) is 10.6. The Morgan fingerprint density at radius 3 is 2.79 bits per heavy atom.